The van der Waals surface area contributed by atoms with Gasteiger partial charge in [0.15, 0.2) is 12.3 Å². The van der Waals surface area contributed by atoms with Gasteiger partial charge in [0.05, 0.1) is 19.9 Å². The Hall–Kier alpha value is -3.55. The molecule has 3 rings (SSSR count). The summed E-state index contributed by atoms with van der Waals surface area (Å²) in [6.45, 7) is -0.451. The maximum Gasteiger partial charge on any atom is 0.359 e. The van der Waals surface area contributed by atoms with Crippen molar-refractivity contribution in [2.45, 2.75) is 0 Å². The highest BCUT2D eigenvalue weighted by Crippen LogP contribution is 2.28. The number of hydrogen-bond acceptors (Lipinski definition) is 6. The Morgan fingerprint density at radius 2 is 2.00 bits per heavy atom. The van der Waals surface area contributed by atoms with E-state index in [-0.39, 0.29) is 5.69 Å². The van der Waals surface area contributed by atoms with E-state index in [9.17, 15) is 9.59 Å². The summed E-state index contributed by atoms with van der Waals surface area (Å²) in [5.74, 6) is -0.163. The van der Waals surface area contributed by atoms with Crippen molar-refractivity contribution in [1.82, 2.24) is 9.38 Å². The van der Waals surface area contributed by atoms with Gasteiger partial charge in [-0.3, -0.25) is 4.79 Å². The van der Waals surface area contributed by atoms with Gasteiger partial charge in [0.1, 0.15) is 17.1 Å². The number of nitrogens with one attached hydrogen (secondary N) is 1. The smallest absolute Gasteiger partial charge is 0.359 e. The molecule has 0 aliphatic heterocycles. The lowest BCUT2D eigenvalue weighted by Crippen LogP contribution is -2.21. The maximum atomic E-state index is 12.1. The first-order valence-electron chi connectivity index (χ1n) is 7.73. The number of rotatable bonds is 6. The van der Waals surface area contributed by atoms with Crippen molar-refractivity contribution in [2.75, 3.05) is 26.1 Å². The standard InChI is InChI=1S/C18H17N3O5/c1-24-12-6-7-15(25-2)13(9-12)20-17(22)11-26-18(23)14-10-21-8-4-3-5-16(21)19-14/h3-10H,11H2,1-2H3,(H,20,22). The van der Waals surface area contributed by atoms with Gasteiger partial charge in [-0.2, -0.15) is 0 Å². The molecule has 134 valence electrons. The molecule has 8 nitrogen and oxygen atoms in total. The highest BCUT2D eigenvalue weighted by molar-refractivity contribution is 5.96. The van der Waals surface area contributed by atoms with Gasteiger partial charge >= 0.3 is 5.97 Å². The Balaban J connectivity index is 1.62. The fourth-order valence-corrected chi connectivity index (χ4v) is 2.34. The number of ether oxygens (including phenoxy) is 3. The molecule has 26 heavy (non-hydrogen) atoms. The van der Waals surface area contributed by atoms with E-state index in [0.717, 1.165) is 0 Å². The van der Waals surface area contributed by atoms with E-state index in [1.807, 2.05) is 12.1 Å². The topological polar surface area (TPSA) is 91.2 Å². The van der Waals surface area contributed by atoms with Crippen molar-refractivity contribution >= 4 is 23.2 Å². The second kappa shape index (κ2) is 7.56. The Morgan fingerprint density at radius 3 is 2.73 bits per heavy atom. The zero-order valence-electron chi connectivity index (χ0n) is 14.3. The molecule has 0 aliphatic rings. The average molecular weight is 355 g/mol. The predicted octanol–water partition coefficient (Wildman–Crippen LogP) is 2.15. The first-order valence-corrected chi connectivity index (χ1v) is 7.73. The fourth-order valence-electron chi connectivity index (χ4n) is 2.34. The summed E-state index contributed by atoms with van der Waals surface area (Å²) in [6, 6.07) is 10.4. The molecule has 0 radical (unpaired) electrons. The van der Waals surface area contributed by atoms with Crippen molar-refractivity contribution in [3.63, 3.8) is 0 Å². The minimum Gasteiger partial charge on any atom is -0.497 e. The van der Waals surface area contributed by atoms with Crippen LogP contribution in [0.15, 0.2) is 48.8 Å². The van der Waals surface area contributed by atoms with Crippen LogP contribution in [0.25, 0.3) is 5.65 Å². The lowest BCUT2D eigenvalue weighted by atomic mass is 10.2. The third-order valence-electron chi connectivity index (χ3n) is 3.59. The Morgan fingerprint density at radius 1 is 1.15 bits per heavy atom. The molecule has 0 saturated heterocycles. The predicted molar refractivity (Wildman–Crippen MR) is 93.7 cm³/mol. The summed E-state index contributed by atoms with van der Waals surface area (Å²) in [5.41, 5.74) is 1.16. The van der Waals surface area contributed by atoms with Gasteiger partial charge < -0.3 is 23.9 Å². The number of imidazole rings is 1. The zero-order valence-corrected chi connectivity index (χ0v) is 14.3. The minimum absolute atomic E-state index is 0.128. The summed E-state index contributed by atoms with van der Waals surface area (Å²) < 4.78 is 17.0. The number of esters is 1. The van der Waals surface area contributed by atoms with Crippen LogP contribution in [0.3, 0.4) is 0 Å². The molecule has 0 fully saturated rings. The van der Waals surface area contributed by atoms with E-state index in [1.54, 1.807) is 41.1 Å². The van der Waals surface area contributed by atoms with Gasteiger partial charge in [0.25, 0.3) is 5.91 Å². The quantitative estimate of drug-likeness (QED) is 0.681. The lowest BCUT2D eigenvalue weighted by molar-refractivity contribution is -0.119. The number of anilines is 1. The first kappa shape index (κ1) is 17.3. The van der Waals surface area contributed by atoms with Gasteiger partial charge in [-0.25, -0.2) is 9.78 Å². The zero-order chi connectivity index (χ0) is 18.5. The monoisotopic (exact) mass is 355 g/mol. The molecule has 0 saturated carbocycles. The van der Waals surface area contributed by atoms with Crippen LogP contribution in [-0.2, 0) is 9.53 Å². The van der Waals surface area contributed by atoms with E-state index in [1.165, 1.54) is 14.2 Å². The van der Waals surface area contributed by atoms with E-state index in [0.29, 0.717) is 22.8 Å². The van der Waals surface area contributed by atoms with Crippen LogP contribution < -0.4 is 14.8 Å². The van der Waals surface area contributed by atoms with Crippen molar-refractivity contribution in [2.24, 2.45) is 0 Å². The molecular weight excluding hydrogens is 338 g/mol. The third kappa shape index (κ3) is 3.75. The van der Waals surface area contributed by atoms with Crippen LogP contribution in [0.1, 0.15) is 10.5 Å². The maximum absolute atomic E-state index is 12.1. The molecule has 1 N–H and O–H groups in total. The lowest BCUT2D eigenvalue weighted by Gasteiger charge is -2.11. The molecule has 0 aliphatic carbocycles. The summed E-state index contributed by atoms with van der Waals surface area (Å²) in [4.78, 5) is 28.3. The molecule has 2 aromatic heterocycles. The fraction of sp³-hybridized carbons (Fsp3) is 0.167. The molecule has 0 spiro atoms. The third-order valence-corrected chi connectivity index (χ3v) is 3.59. The molecular formula is C18H17N3O5. The number of carbonyl (C=O) groups is 2. The van der Waals surface area contributed by atoms with E-state index < -0.39 is 18.5 Å². The Bertz CT molecular complexity index is 918. The number of benzene rings is 1. The number of nitrogens with zero attached hydrogens (tertiary/aromatic N) is 2. The van der Waals surface area contributed by atoms with Crippen molar-refractivity contribution in [3.8, 4) is 11.5 Å². The molecule has 1 amide bonds. The Labute approximate surface area is 149 Å². The molecule has 8 heteroatoms. The highest BCUT2D eigenvalue weighted by Gasteiger charge is 2.15. The van der Waals surface area contributed by atoms with Gasteiger partial charge in [0.2, 0.25) is 0 Å². The number of aromatic nitrogens is 2. The van der Waals surface area contributed by atoms with Gasteiger partial charge in [0, 0.05) is 18.5 Å². The molecule has 0 atom stereocenters. The second-order valence-electron chi connectivity index (χ2n) is 5.28. The van der Waals surface area contributed by atoms with Crippen LogP contribution in [-0.4, -0.2) is 42.1 Å². The average Bonchev–Trinajstić information content (AvgIpc) is 3.10. The minimum atomic E-state index is -0.679. The summed E-state index contributed by atoms with van der Waals surface area (Å²) >= 11 is 0. The van der Waals surface area contributed by atoms with Crippen molar-refractivity contribution in [3.05, 3.63) is 54.5 Å². The SMILES string of the molecule is COc1ccc(OC)c(NC(=O)COC(=O)c2cn3ccccc3n2)c1. The van der Waals surface area contributed by atoms with Crippen LogP contribution >= 0.6 is 0 Å². The van der Waals surface area contributed by atoms with Crippen LogP contribution in [0.4, 0.5) is 5.69 Å². The van der Waals surface area contributed by atoms with Crippen molar-refractivity contribution < 1.29 is 23.8 Å². The van der Waals surface area contributed by atoms with E-state index in [2.05, 4.69) is 10.3 Å². The number of fused-ring (bicyclic) bond motifs is 1. The van der Waals surface area contributed by atoms with E-state index >= 15 is 0 Å². The normalized spacial score (nSPS) is 10.4. The second-order valence-corrected chi connectivity index (χ2v) is 5.28. The van der Waals surface area contributed by atoms with Gasteiger partial charge in [-0.1, -0.05) is 6.07 Å². The summed E-state index contributed by atoms with van der Waals surface area (Å²) in [6.07, 6.45) is 3.31. The molecule has 1 aromatic carbocycles. The molecule has 2 heterocycles. The first-order chi connectivity index (χ1) is 12.6. The van der Waals surface area contributed by atoms with Crippen molar-refractivity contribution in [1.29, 1.82) is 0 Å². The molecule has 0 bridgehead atoms. The Kier molecular flexibility index (Phi) is 5.02. The highest BCUT2D eigenvalue weighted by atomic mass is 16.5. The number of carbonyl (C=O) groups excluding carboxylic acids is 2. The molecule has 0 unspecified atom stereocenters. The summed E-state index contributed by atoms with van der Waals surface area (Å²) in [5, 5.41) is 2.62. The number of amides is 1. The number of hydrogen-bond donors (Lipinski definition) is 1. The number of pyridine rings is 1. The largest absolute Gasteiger partial charge is 0.497 e. The molecule has 3 aromatic rings. The van der Waals surface area contributed by atoms with Gasteiger partial charge in [-0.15, -0.1) is 0 Å². The number of methoxy groups -OCH3 is 2. The van der Waals surface area contributed by atoms with Gasteiger partial charge in [-0.05, 0) is 24.3 Å². The van der Waals surface area contributed by atoms with Crippen LogP contribution in [0.2, 0.25) is 0 Å². The van der Waals surface area contributed by atoms with Crippen LogP contribution in [0.5, 0.6) is 11.5 Å². The summed E-state index contributed by atoms with van der Waals surface area (Å²) in [7, 11) is 3.00. The van der Waals surface area contributed by atoms with E-state index in [4.69, 9.17) is 14.2 Å². The van der Waals surface area contributed by atoms with Crippen LogP contribution in [0, 0.1) is 0 Å².